The molecule has 0 aliphatic heterocycles. The zero-order valence-electron chi connectivity index (χ0n) is 16.2. The van der Waals surface area contributed by atoms with Crippen molar-refractivity contribution in [1.82, 2.24) is 0 Å². The second-order valence-corrected chi connectivity index (χ2v) is 7.83. The van der Waals surface area contributed by atoms with Gasteiger partial charge in [-0.1, -0.05) is 18.2 Å². The van der Waals surface area contributed by atoms with Crippen molar-refractivity contribution in [3.63, 3.8) is 0 Å². The van der Waals surface area contributed by atoms with Crippen LogP contribution >= 0.6 is 0 Å². The van der Waals surface area contributed by atoms with E-state index in [0.717, 1.165) is 38.5 Å². The third-order valence-corrected chi connectivity index (χ3v) is 6.25. The fraction of sp³-hybridized carbons (Fsp3) is 0.417. The molecule has 0 N–H and O–H groups in total. The lowest BCUT2D eigenvalue weighted by Crippen LogP contribution is -2.16. The Morgan fingerprint density at radius 2 is 1.71 bits per heavy atom. The van der Waals surface area contributed by atoms with Crippen molar-refractivity contribution in [3.8, 4) is 28.0 Å². The van der Waals surface area contributed by atoms with Crippen LogP contribution in [-0.2, 0) is 0 Å². The van der Waals surface area contributed by atoms with Crippen LogP contribution < -0.4 is 4.74 Å². The Bertz CT molecular complexity index is 911. The third-order valence-electron chi connectivity index (χ3n) is 6.25. The monoisotopic (exact) mass is 386 g/mol. The van der Waals surface area contributed by atoms with E-state index in [9.17, 15) is 8.78 Å². The molecule has 0 heterocycles. The van der Waals surface area contributed by atoms with E-state index < -0.39 is 11.6 Å². The van der Waals surface area contributed by atoms with Crippen LogP contribution in [0.3, 0.4) is 0 Å². The lowest BCUT2D eigenvalue weighted by atomic mass is 9.73. The molecule has 0 amide bonds. The molecule has 1 saturated carbocycles. The van der Waals surface area contributed by atoms with Gasteiger partial charge in [0.25, 0.3) is 0 Å². The van der Waals surface area contributed by atoms with Crippen molar-refractivity contribution in [2.24, 2.45) is 5.92 Å². The molecule has 0 bridgehead atoms. The lowest BCUT2D eigenvalue weighted by molar-refractivity contribution is 0.308. The normalized spacial score (nSPS) is 20.1. The molecule has 4 rings (SSSR count). The van der Waals surface area contributed by atoms with Crippen molar-refractivity contribution in [2.75, 3.05) is 6.61 Å². The summed E-state index contributed by atoms with van der Waals surface area (Å²) >= 11 is 0. The van der Waals surface area contributed by atoms with Gasteiger partial charge >= 0.3 is 0 Å². The summed E-state index contributed by atoms with van der Waals surface area (Å²) in [4.78, 5) is 0. The van der Waals surface area contributed by atoms with Gasteiger partial charge in [-0.05, 0) is 80.0 Å². The highest BCUT2D eigenvalue weighted by molar-refractivity contribution is 6.03. The highest BCUT2D eigenvalue weighted by atomic mass is 19.2. The topological polar surface area (TPSA) is 9.23 Å². The molecule has 4 heteroatoms. The molecule has 0 aromatic heterocycles. The number of fused-ring (bicyclic) bond motifs is 4. The Kier molecular flexibility index (Phi) is 5.22. The molecule has 0 saturated heterocycles. The summed E-state index contributed by atoms with van der Waals surface area (Å²) in [5.41, 5.74) is 2.07. The van der Waals surface area contributed by atoms with E-state index in [1.165, 1.54) is 6.07 Å². The third kappa shape index (κ3) is 3.03. The predicted octanol–water partition coefficient (Wildman–Crippen LogP) is 7.39. The van der Waals surface area contributed by atoms with Gasteiger partial charge in [0.1, 0.15) is 5.82 Å². The van der Waals surface area contributed by atoms with E-state index >= 15 is 4.39 Å². The second-order valence-electron chi connectivity index (χ2n) is 7.83. The largest absolute Gasteiger partial charge is 0.491 e. The first-order chi connectivity index (χ1) is 13.6. The average Bonchev–Trinajstić information content (AvgIpc) is 2.69. The molecular formula is C24H25F3O. The summed E-state index contributed by atoms with van der Waals surface area (Å²) in [7, 11) is 0. The maximum Gasteiger partial charge on any atom is 0.201 e. The summed E-state index contributed by atoms with van der Waals surface area (Å²) in [5.74, 6) is -1.75. The van der Waals surface area contributed by atoms with Crippen LogP contribution in [0.5, 0.6) is 5.75 Å². The Morgan fingerprint density at radius 3 is 2.39 bits per heavy atom. The van der Waals surface area contributed by atoms with Gasteiger partial charge in [-0.25, -0.2) is 8.78 Å². The highest BCUT2D eigenvalue weighted by Crippen LogP contribution is 2.54. The minimum absolute atomic E-state index is 0.0509. The minimum Gasteiger partial charge on any atom is -0.491 e. The summed E-state index contributed by atoms with van der Waals surface area (Å²) in [6.07, 6.45) is 8.13. The van der Waals surface area contributed by atoms with Crippen LogP contribution in [0.1, 0.15) is 56.9 Å². The van der Waals surface area contributed by atoms with Crippen molar-refractivity contribution >= 4 is 0 Å². The number of hydrogen-bond donors (Lipinski definition) is 0. The van der Waals surface area contributed by atoms with Crippen LogP contribution in [0.15, 0.2) is 30.9 Å². The van der Waals surface area contributed by atoms with E-state index in [-0.39, 0.29) is 35.2 Å². The molecular weight excluding hydrogens is 361 g/mol. The van der Waals surface area contributed by atoms with Crippen LogP contribution in [0.25, 0.3) is 22.3 Å². The number of allylic oxidation sites excluding steroid dienone is 1. The lowest BCUT2D eigenvalue weighted by Gasteiger charge is -2.32. The molecule has 0 unspecified atom stereocenters. The van der Waals surface area contributed by atoms with E-state index in [4.69, 9.17) is 4.74 Å². The first kappa shape index (κ1) is 19.1. The molecule has 2 aromatic rings. The van der Waals surface area contributed by atoms with E-state index in [2.05, 4.69) is 6.58 Å². The Hall–Kier alpha value is -2.23. The molecule has 148 valence electrons. The molecule has 0 atom stereocenters. The maximum atomic E-state index is 15.3. The molecule has 0 radical (unpaired) electrons. The van der Waals surface area contributed by atoms with Crippen LogP contribution in [0, 0.1) is 23.4 Å². The van der Waals surface area contributed by atoms with Crippen molar-refractivity contribution < 1.29 is 17.9 Å². The molecule has 1 fully saturated rings. The molecule has 28 heavy (non-hydrogen) atoms. The summed E-state index contributed by atoms with van der Waals surface area (Å²) < 4.78 is 49.3. The highest BCUT2D eigenvalue weighted by Gasteiger charge is 2.35. The number of benzene rings is 2. The first-order valence-electron chi connectivity index (χ1n) is 10.2. The SMILES string of the molecule is C=CCCC1CCC(c2ccc3c(c2F)-c2c-3cc(OCC)c(F)c2F)CC1. The fourth-order valence-electron chi connectivity index (χ4n) is 4.75. The fourth-order valence-corrected chi connectivity index (χ4v) is 4.75. The van der Waals surface area contributed by atoms with Gasteiger partial charge < -0.3 is 4.74 Å². The Morgan fingerprint density at radius 1 is 1.00 bits per heavy atom. The first-order valence-corrected chi connectivity index (χ1v) is 10.2. The molecule has 2 aromatic carbocycles. The van der Waals surface area contributed by atoms with Gasteiger partial charge in [0.15, 0.2) is 11.6 Å². The Balaban J connectivity index is 1.61. The maximum absolute atomic E-state index is 15.3. The van der Waals surface area contributed by atoms with Crippen LogP contribution in [-0.4, -0.2) is 6.61 Å². The summed E-state index contributed by atoms with van der Waals surface area (Å²) in [6.45, 7) is 5.73. The molecule has 1 nitrogen and oxygen atoms in total. The van der Waals surface area contributed by atoms with Crippen LogP contribution in [0.4, 0.5) is 13.2 Å². The van der Waals surface area contributed by atoms with Gasteiger partial charge in [0.05, 0.1) is 6.61 Å². The zero-order valence-corrected chi connectivity index (χ0v) is 16.2. The van der Waals surface area contributed by atoms with E-state index in [1.807, 2.05) is 18.2 Å². The van der Waals surface area contributed by atoms with Gasteiger partial charge in [0.2, 0.25) is 5.82 Å². The van der Waals surface area contributed by atoms with Gasteiger partial charge in [-0.2, -0.15) is 4.39 Å². The molecule has 2 aliphatic carbocycles. The number of halogens is 3. The Labute approximate surface area is 164 Å². The smallest absolute Gasteiger partial charge is 0.201 e. The minimum atomic E-state index is -1.04. The van der Waals surface area contributed by atoms with Gasteiger partial charge in [0, 0.05) is 11.1 Å². The standard InChI is InChI=1S/C24H25F3O/c1-3-5-6-14-7-9-15(10-8-14)16-11-12-17-18-13-19(28-4-2)23(26)24(27)21(18)20(17)22(16)25/h3,11-15H,1,4-10H2,2H3. The van der Waals surface area contributed by atoms with E-state index in [1.54, 1.807) is 6.92 Å². The van der Waals surface area contributed by atoms with Crippen molar-refractivity contribution in [3.05, 3.63) is 53.9 Å². The summed E-state index contributed by atoms with van der Waals surface area (Å²) in [6, 6.07) is 5.14. The van der Waals surface area contributed by atoms with Crippen molar-refractivity contribution in [2.45, 2.75) is 51.4 Å². The second kappa shape index (κ2) is 7.65. The number of hydrogen-bond acceptors (Lipinski definition) is 1. The number of ether oxygens (including phenoxy) is 1. The summed E-state index contributed by atoms with van der Waals surface area (Å²) in [5, 5.41) is 0. The molecule has 2 aliphatic rings. The average molecular weight is 386 g/mol. The quantitative estimate of drug-likeness (QED) is 0.401. The van der Waals surface area contributed by atoms with Crippen molar-refractivity contribution in [1.29, 1.82) is 0 Å². The predicted molar refractivity (Wildman–Crippen MR) is 106 cm³/mol. The molecule has 0 spiro atoms. The van der Waals surface area contributed by atoms with Gasteiger partial charge in [-0.3, -0.25) is 0 Å². The van der Waals surface area contributed by atoms with E-state index in [0.29, 0.717) is 22.6 Å². The number of rotatable bonds is 6. The van der Waals surface area contributed by atoms with Crippen LogP contribution in [0.2, 0.25) is 0 Å². The van der Waals surface area contributed by atoms with Gasteiger partial charge in [-0.15, -0.1) is 6.58 Å². The zero-order chi connectivity index (χ0) is 19.8.